The van der Waals surface area contributed by atoms with Crippen LogP contribution in [0.5, 0.6) is 0 Å². The van der Waals surface area contributed by atoms with Crippen molar-refractivity contribution in [3.63, 3.8) is 0 Å². The Hall–Kier alpha value is -2.81. The molecule has 0 amide bonds. The summed E-state index contributed by atoms with van der Waals surface area (Å²) in [7, 11) is 0. The first kappa shape index (κ1) is 29.4. The lowest BCUT2D eigenvalue weighted by molar-refractivity contribution is -0.161. The van der Waals surface area contributed by atoms with Crippen molar-refractivity contribution in [2.24, 2.45) is 4.99 Å². The molecule has 0 aliphatic carbocycles. The third-order valence-electron chi connectivity index (χ3n) is 5.40. The van der Waals surface area contributed by atoms with Crippen LogP contribution in [0, 0.1) is 0 Å². The second kappa shape index (κ2) is 16.0. The van der Waals surface area contributed by atoms with Gasteiger partial charge in [0.25, 0.3) is 0 Å². The highest BCUT2D eigenvalue weighted by molar-refractivity contribution is 5.78. The van der Waals surface area contributed by atoms with E-state index in [0.717, 1.165) is 24.4 Å². The van der Waals surface area contributed by atoms with Crippen molar-refractivity contribution in [2.45, 2.75) is 58.8 Å². The van der Waals surface area contributed by atoms with Gasteiger partial charge in [0.1, 0.15) is 18.2 Å². The van der Waals surface area contributed by atoms with Crippen LogP contribution in [0.25, 0.3) is 0 Å². The van der Waals surface area contributed by atoms with Crippen molar-refractivity contribution >= 4 is 18.2 Å². The van der Waals surface area contributed by atoms with Crippen LogP contribution in [-0.4, -0.2) is 74.0 Å². The van der Waals surface area contributed by atoms with E-state index in [-0.39, 0.29) is 25.0 Å². The van der Waals surface area contributed by atoms with Crippen LogP contribution in [0.3, 0.4) is 0 Å². The first-order chi connectivity index (χ1) is 17.3. The van der Waals surface area contributed by atoms with E-state index >= 15 is 0 Å². The molecule has 1 atom stereocenters. The highest BCUT2D eigenvalue weighted by atomic mass is 16.6. The predicted molar refractivity (Wildman–Crippen MR) is 144 cm³/mol. The molecule has 0 radical (unpaired) electrons. The Labute approximate surface area is 215 Å². The zero-order valence-electron chi connectivity index (χ0n) is 22.2. The van der Waals surface area contributed by atoms with Crippen molar-refractivity contribution in [3.05, 3.63) is 59.8 Å². The number of nitrogens with one attached hydrogen (secondary N) is 2. The van der Waals surface area contributed by atoms with Gasteiger partial charge in [-0.15, -0.1) is 0 Å². The molecule has 0 saturated carbocycles. The average Bonchev–Trinajstić information content (AvgIpc) is 2.83. The molecule has 0 bridgehead atoms. The lowest BCUT2D eigenvalue weighted by Gasteiger charge is -2.32. The lowest BCUT2D eigenvalue weighted by Crippen LogP contribution is -2.48. The maximum absolute atomic E-state index is 13.2. The van der Waals surface area contributed by atoms with Crippen molar-refractivity contribution in [1.82, 2.24) is 15.5 Å². The van der Waals surface area contributed by atoms with E-state index in [2.05, 4.69) is 15.6 Å². The number of benzene rings is 1. The number of hydrogen-bond acceptors (Lipinski definition) is 8. The van der Waals surface area contributed by atoms with Gasteiger partial charge in [0, 0.05) is 51.9 Å². The number of carbonyl (C=O) groups is 2. The fourth-order valence-corrected chi connectivity index (χ4v) is 3.62. The Kier molecular flexibility index (Phi) is 13.1. The number of rotatable bonds is 8. The summed E-state index contributed by atoms with van der Waals surface area (Å²) in [5, 5.41) is 6.79. The minimum Gasteiger partial charge on any atom is -0.461 e. The molecule has 2 N–H and O–H groups in total. The van der Waals surface area contributed by atoms with Crippen LogP contribution < -0.4 is 10.6 Å². The number of carbonyl (C=O) groups excluding carboxylic acids is 2. The van der Waals surface area contributed by atoms with E-state index in [4.69, 9.17) is 9.47 Å². The zero-order valence-corrected chi connectivity index (χ0v) is 22.2. The third-order valence-corrected chi connectivity index (χ3v) is 5.40. The van der Waals surface area contributed by atoms with E-state index in [0.29, 0.717) is 32.6 Å². The van der Waals surface area contributed by atoms with Gasteiger partial charge in [0.15, 0.2) is 0 Å². The molecular weight excluding hydrogens is 456 g/mol. The molecule has 2 rings (SSSR count). The number of hydrogen-bond donors (Lipinski definition) is 2. The van der Waals surface area contributed by atoms with E-state index in [1.165, 1.54) is 0 Å². The second-order valence-corrected chi connectivity index (χ2v) is 9.65. The SMILES string of the molecule is C/C=C\C=C1CNCCNCCN(C(CCC(=O)OCc2ccccc2)C(=O)OC(C)(C)C)CC=N1. The number of esters is 2. The zero-order chi connectivity index (χ0) is 26.2. The molecular formula is C28H42N4O4. The van der Waals surface area contributed by atoms with Gasteiger partial charge in [-0.1, -0.05) is 42.5 Å². The smallest absolute Gasteiger partial charge is 0.323 e. The van der Waals surface area contributed by atoms with Crippen molar-refractivity contribution in [3.8, 4) is 0 Å². The minimum absolute atomic E-state index is 0.119. The molecule has 1 aromatic carbocycles. The molecule has 8 nitrogen and oxygen atoms in total. The third kappa shape index (κ3) is 12.2. The number of allylic oxidation sites excluding steroid dienone is 3. The monoisotopic (exact) mass is 498 g/mol. The molecule has 198 valence electrons. The van der Waals surface area contributed by atoms with Crippen molar-refractivity contribution in [2.75, 3.05) is 39.3 Å². The minimum atomic E-state index is -0.629. The fraction of sp³-hybridized carbons (Fsp3) is 0.536. The van der Waals surface area contributed by atoms with Crippen LogP contribution in [0.2, 0.25) is 0 Å². The van der Waals surface area contributed by atoms with Gasteiger partial charge in [-0.2, -0.15) is 0 Å². The van der Waals surface area contributed by atoms with E-state index in [1.54, 1.807) is 0 Å². The number of aliphatic imine (C=N–C) groups is 1. The van der Waals surface area contributed by atoms with Gasteiger partial charge in [-0.05, 0) is 45.8 Å². The summed E-state index contributed by atoms with van der Waals surface area (Å²) in [6.45, 7) is 11.8. The molecule has 0 spiro atoms. The number of ether oxygens (including phenoxy) is 2. The van der Waals surface area contributed by atoms with E-state index in [9.17, 15) is 9.59 Å². The Balaban J connectivity index is 2.13. The standard InChI is InChI=1S/C28H42N4O4/c1-5-6-12-24-21-30-16-15-29-17-19-32(20-18-31-24)25(27(34)36-28(2,3)4)13-14-26(33)35-22-23-10-8-7-9-11-23/h5-12,18,25,29-30H,13-17,19-22H2,1-4H3/b6-5-,24-12?,31-18?. The molecule has 1 unspecified atom stereocenters. The van der Waals surface area contributed by atoms with Gasteiger partial charge in [-0.25, -0.2) is 0 Å². The Morgan fingerprint density at radius 2 is 1.89 bits per heavy atom. The highest BCUT2D eigenvalue weighted by Crippen LogP contribution is 2.16. The van der Waals surface area contributed by atoms with Gasteiger partial charge in [0.05, 0.1) is 5.70 Å². The van der Waals surface area contributed by atoms with Crippen LogP contribution in [0.15, 0.2) is 59.2 Å². The summed E-state index contributed by atoms with van der Waals surface area (Å²) >= 11 is 0. The molecule has 8 heteroatoms. The quantitative estimate of drug-likeness (QED) is 0.532. The fourth-order valence-electron chi connectivity index (χ4n) is 3.62. The summed E-state index contributed by atoms with van der Waals surface area (Å²) in [5.74, 6) is -0.679. The Morgan fingerprint density at radius 3 is 2.61 bits per heavy atom. The van der Waals surface area contributed by atoms with Crippen LogP contribution in [-0.2, 0) is 25.7 Å². The summed E-state index contributed by atoms with van der Waals surface area (Å²) in [6, 6.07) is 8.96. The maximum Gasteiger partial charge on any atom is 0.323 e. The van der Waals surface area contributed by atoms with Gasteiger partial charge in [0.2, 0.25) is 0 Å². The van der Waals surface area contributed by atoms with Gasteiger partial charge < -0.3 is 20.1 Å². The molecule has 0 fully saturated rings. The van der Waals surface area contributed by atoms with Crippen LogP contribution in [0.4, 0.5) is 0 Å². The molecule has 0 aromatic heterocycles. The summed E-state index contributed by atoms with van der Waals surface area (Å²) in [4.78, 5) is 32.4. The maximum atomic E-state index is 13.2. The second-order valence-electron chi connectivity index (χ2n) is 9.65. The average molecular weight is 499 g/mol. The van der Waals surface area contributed by atoms with Gasteiger partial charge in [-0.3, -0.25) is 19.5 Å². The Bertz CT molecular complexity index is 891. The molecule has 1 aliphatic rings. The largest absolute Gasteiger partial charge is 0.461 e. The van der Waals surface area contributed by atoms with Crippen LogP contribution in [0.1, 0.15) is 46.1 Å². The van der Waals surface area contributed by atoms with Crippen LogP contribution >= 0.6 is 0 Å². The number of nitrogens with zero attached hydrogens (tertiary/aromatic N) is 2. The Morgan fingerprint density at radius 1 is 1.14 bits per heavy atom. The summed E-state index contributed by atoms with van der Waals surface area (Å²) < 4.78 is 11.2. The first-order valence-electron chi connectivity index (χ1n) is 12.7. The molecule has 0 saturated heterocycles. The van der Waals surface area contributed by atoms with Gasteiger partial charge >= 0.3 is 11.9 Å². The van der Waals surface area contributed by atoms with E-state index in [1.807, 2.05) is 87.4 Å². The molecule has 1 heterocycles. The van der Waals surface area contributed by atoms with Crippen molar-refractivity contribution in [1.29, 1.82) is 0 Å². The molecule has 36 heavy (non-hydrogen) atoms. The summed E-state index contributed by atoms with van der Waals surface area (Å²) in [6.07, 6.45) is 8.14. The highest BCUT2D eigenvalue weighted by Gasteiger charge is 2.30. The lowest BCUT2D eigenvalue weighted by atomic mass is 10.1. The van der Waals surface area contributed by atoms with E-state index < -0.39 is 11.6 Å². The van der Waals surface area contributed by atoms with Crippen molar-refractivity contribution < 1.29 is 19.1 Å². The first-order valence-corrected chi connectivity index (χ1v) is 12.7. The summed E-state index contributed by atoms with van der Waals surface area (Å²) in [5.41, 5.74) is 1.21. The topological polar surface area (TPSA) is 92.3 Å². The molecule has 1 aliphatic heterocycles. The predicted octanol–water partition coefficient (Wildman–Crippen LogP) is 3.25. The normalized spacial score (nSPS) is 18.4. The molecule has 1 aromatic rings.